The van der Waals surface area contributed by atoms with Gasteiger partial charge in [0.25, 0.3) is 11.7 Å². The normalized spacial score (nSPS) is 14.0. The number of ether oxygens (including phenoxy) is 1. The van der Waals surface area contributed by atoms with E-state index in [0.29, 0.717) is 30.6 Å². The first-order valence-corrected chi connectivity index (χ1v) is 12.2. The van der Waals surface area contributed by atoms with Crippen LogP contribution in [-0.4, -0.2) is 68.9 Å². The van der Waals surface area contributed by atoms with Crippen molar-refractivity contribution in [3.63, 3.8) is 0 Å². The van der Waals surface area contributed by atoms with Gasteiger partial charge in [-0.3, -0.25) is 20.4 Å². The lowest BCUT2D eigenvalue weighted by Gasteiger charge is -2.25. The highest BCUT2D eigenvalue weighted by atomic mass is 32.2. The Morgan fingerprint density at radius 2 is 1.97 bits per heavy atom. The molecule has 1 fully saturated rings. The van der Waals surface area contributed by atoms with Gasteiger partial charge in [-0.1, -0.05) is 11.8 Å². The number of thiazole rings is 1. The van der Waals surface area contributed by atoms with Crippen molar-refractivity contribution in [2.45, 2.75) is 31.8 Å². The number of hydrogen-bond donors (Lipinski definition) is 2. The summed E-state index contributed by atoms with van der Waals surface area (Å²) >= 11 is 2.85. The van der Waals surface area contributed by atoms with Crippen LogP contribution in [0.1, 0.15) is 33.9 Å². The average Bonchev–Trinajstić information content (AvgIpc) is 3.45. The number of hydrazine groups is 1. The maximum Gasteiger partial charge on any atom is 0.289 e. The van der Waals surface area contributed by atoms with Crippen LogP contribution < -0.4 is 15.8 Å². The number of thioether (sulfide) groups is 1. The van der Waals surface area contributed by atoms with Crippen molar-refractivity contribution < 1.29 is 14.3 Å². The molecule has 1 saturated heterocycles. The molecule has 1 aliphatic heterocycles. The number of anilines is 1. The van der Waals surface area contributed by atoms with Gasteiger partial charge in [0.15, 0.2) is 5.13 Å². The minimum absolute atomic E-state index is 0.190. The van der Waals surface area contributed by atoms with Gasteiger partial charge in [0.05, 0.1) is 13.2 Å². The highest BCUT2D eigenvalue weighted by Crippen LogP contribution is 2.21. The fourth-order valence-corrected chi connectivity index (χ4v) is 4.59. The third kappa shape index (κ3) is 4.84. The van der Waals surface area contributed by atoms with E-state index in [0.717, 1.165) is 35.2 Å². The summed E-state index contributed by atoms with van der Waals surface area (Å²) < 4.78 is 7.03. The van der Waals surface area contributed by atoms with Crippen molar-refractivity contribution in [1.29, 1.82) is 0 Å². The first-order valence-electron chi connectivity index (χ1n) is 10.1. The molecule has 2 N–H and O–H groups in total. The summed E-state index contributed by atoms with van der Waals surface area (Å²) in [6.45, 7) is 6.62. The number of aromatic nitrogens is 5. The van der Waals surface area contributed by atoms with Gasteiger partial charge in [0.2, 0.25) is 11.1 Å². The van der Waals surface area contributed by atoms with Crippen molar-refractivity contribution in [2.75, 3.05) is 37.5 Å². The Balaban J connectivity index is 1.32. The van der Waals surface area contributed by atoms with Crippen molar-refractivity contribution >= 4 is 45.8 Å². The summed E-state index contributed by atoms with van der Waals surface area (Å²) in [6, 6.07) is 0. The zero-order valence-corrected chi connectivity index (χ0v) is 19.7. The molecule has 170 valence electrons. The minimum Gasteiger partial charge on any atom is -0.378 e. The molecule has 13 heteroatoms. The van der Waals surface area contributed by atoms with Gasteiger partial charge in [-0.2, -0.15) is 4.98 Å². The second kappa shape index (κ2) is 9.79. The van der Waals surface area contributed by atoms with E-state index in [1.54, 1.807) is 9.90 Å². The molecule has 3 aromatic rings. The van der Waals surface area contributed by atoms with Crippen molar-refractivity contribution in [3.05, 3.63) is 28.0 Å². The monoisotopic (exact) mass is 476 g/mol. The molecule has 32 heavy (non-hydrogen) atoms. The van der Waals surface area contributed by atoms with E-state index in [2.05, 4.69) is 35.8 Å². The fraction of sp³-hybridized carbons (Fsp3) is 0.474. The smallest absolute Gasteiger partial charge is 0.289 e. The van der Waals surface area contributed by atoms with Crippen LogP contribution in [0.15, 0.2) is 10.5 Å². The number of carbonyl (C=O) groups excluding carboxylic acids is 2. The van der Waals surface area contributed by atoms with Crippen LogP contribution in [0.25, 0.3) is 5.78 Å². The zero-order valence-electron chi connectivity index (χ0n) is 18.0. The number of nitrogens with zero attached hydrogens (tertiary/aromatic N) is 6. The molecule has 0 aliphatic carbocycles. The first kappa shape index (κ1) is 22.4. The Hall–Kier alpha value is -2.77. The number of aryl methyl sites for hydroxylation is 2. The van der Waals surface area contributed by atoms with Crippen LogP contribution in [0.5, 0.6) is 0 Å². The number of nitrogens with one attached hydrogen (secondary N) is 2. The van der Waals surface area contributed by atoms with E-state index in [1.807, 2.05) is 20.1 Å². The molecule has 3 aromatic heterocycles. The Kier molecular flexibility index (Phi) is 6.86. The average molecular weight is 477 g/mol. The van der Waals surface area contributed by atoms with E-state index in [4.69, 9.17) is 4.74 Å². The summed E-state index contributed by atoms with van der Waals surface area (Å²) in [6.07, 6.45) is 2.57. The lowest BCUT2D eigenvalue weighted by Crippen LogP contribution is -2.42. The van der Waals surface area contributed by atoms with Gasteiger partial charge in [-0.25, -0.2) is 14.5 Å². The molecule has 1 aliphatic rings. The SMILES string of the molecule is CSc1nc2nc(C)c(CCC(=O)NNC(=O)c3csc(N4CCOCC4)n3)c(C)n2n1. The molecule has 4 heterocycles. The van der Waals surface area contributed by atoms with Crippen LogP contribution >= 0.6 is 23.1 Å². The molecular weight excluding hydrogens is 452 g/mol. The predicted molar refractivity (Wildman–Crippen MR) is 121 cm³/mol. The van der Waals surface area contributed by atoms with Crippen LogP contribution in [0.3, 0.4) is 0 Å². The first-order chi connectivity index (χ1) is 15.5. The molecular formula is C19H24N8O3S2. The lowest BCUT2D eigenvalue weighted by molar-refractivity contribution is -0.121. The number of hydrogen-bond acceptors (Lipinski definition) is 10. The maximum atomic E-state index is 12.3. The van der Waals surface area contributed by atoms with Gasteiger partial charge < -0.3 is 9.64 Å². The molecule has 2 amide bonds. The van der Waals surface area contributed by atoms with E-state index < -0.39 is 5.91 Å². The number of morpholine rings is 1. The summed E-state index contributed by atoms with van der Waals surface area (Å²) in [4.78, 5) is 40.0. The zero-order chi connectivity index (χ0) is 22.7. The largest absolute Gasteiger partial charge is 0.378 e. The number of fused-ring (bicyclic) bond motifs is 1. The molecule has 0 bridgehead atoms. The maximum absolute atomic E-state index is 12.3. The van der Waals surface area contributed by atoms with Crippen LogP contribution in [0, 0.1) is 13.8 Å². The highest BCUT2D eigenvalue weighted by molar-refractivity contribution is 7.98. The van der Waals surface area contributed by atoms with Crippen LogP contribution in [0.2, 0.25) is 0 Å². The molecule has 0 radical (unpaired) electrons. The topological polar surface area (TPSA) is 127 Å². The Morgan fingerprint density at radius 3 is 2.72 bits per heavy atom. The predicted octanol–water partition coefficient (Wildman–Crippen LogP) is 1.15. The standard InChI is InChI=1S/C19H24N8O3S2/c1-11-13(12(2)27-17(20-11)22-18(25-27)31-3)4-5-15(28)23-24-16(29)14-10-32-19(21-14)26-6-8-30-9-7-26/h10H,4-9H2,1-3H3,(H,23,28)(H,24,29). The van der Waals surface area contributed by atoms with Gasteiger partial charge in [0, 0.05) is 36.3 Å². The van der Waals surface area contributed by atoms with Crippen molar-refractivity contribution in [2.24, 2.45) is 0 Å². The van der Waals surface area contributed by atoms with E-state index >= 15 is 0 Å². The second-order valence-corrected chi connectivity index (χ2v) is 8.80. The van der Waals surface area contributed by atoms with E-state index in [9.17, 15) is 9.59 Å². The third-order valence-corrected chi connectivity index (χ3v) is 6.58. The molecule has 11 nitrogen and oxygen atoms in total. The highest BCUT2D eigenvalue weighted by Gasteiger charge is 2.18. The van der Waals surface area contributed by atoms with E-state index in [1.165, 1.54) is 23.1 Å². The Morgan fingerprint density at radius 1 is 1.19 bits per heavy atom. The molecule has 0 spiro atoms. The van der Waals surface area contributed by atoms with Crippen LogP contribution in [-0.2, 0) is 16.0 Å². The van der Waals surface area contributed by atoms with Gasteiger partial charge in [0.1, 0.15) is 5.69 Å². The van der Waals surface area contributed by atoms with Gasteiger partial charge >= 0.3 is 0 Å². The lowest BCUT2D eigenvalue weighted by atomic mass is 10.1. The summed E-state index contributed by atoms with van der Waals surface area (Å²) in [5, 5.41) is 7.53. The molecule has 0 unspecified atom stereocenters. The Bertz CT molecular complexity index is 1140. The minimum atomic E-state index is -0.447. The van der Waals surface area contributed by atoms with Gasteiger partial charge in [-0.05, 0) is 32.1 Å². The van der Waals surface area contributed by atoms with Crippen molar-refractivity contribution in [3.8, 4) is 0 Å². The fourth-order valence-electron chi connectivity index (χ4n) is 3.40. The molecule has 4 rings (SSSR count). The summed E-state index contributed by atoms with van der Waals surface area (Å²) in [5.74, 6) is -0.203. The third-order valence-electron chi connectivity index (χ3n) is 5.14. The van der Waals surface area contributed by atoms with Gasteiger partial charge in [-0.15, -0.1) is 16.4 Å². The second-order valence-electron chi connectivity index (χ2n) is 7.19. The Labute approximate surface area is 192 Å². The number of rotatable bonds is 6. The summed E-state index contributed by atoms with van der Waals surface area (Å²) in [5.41, 5.74) is 7.82. The van der Waals surface area contributed by atoms with Crippen LogP contribution in [0.4, 0.5) is 5.13 Å². The quantitative estimate of drug-likeness (QED) is 0.398. The van der Waals surface area contributed by atoms with E-state index in [-0.39, 0.29) is 18.0 Å². The molecule has 0 aromatic carbocycles. The number of amides is 2. The molecule has 0 atom stereocenters. The molecule has 0 saturated carbocycles. The summed E-state index contributed by atoms with van der Waals surface area (Å²) in [7, 11) is 0. The number of carbonyl (C=O) groups is 2. The van der Waals surface area contributed by atoms with Crippen molar-refractivity contribution in [1.82, 2.24) is 35.4 Å².